The highest BCUT2D eigenvalue weighted by Crippen LogP contribution is 2.23. The first-order valence-electron chi connectivity index (χ1n) is 11.0. The quantitative estimate of drug-likeness (QED) is 0.185. The van der Waals surface area contributed by atoms with Crippen molar-refractivity contribution in [3.63, 3.8) is 0 Å². The number of hydrogen-bond donors (Lipinski definition) is 1. The Morgan fingerprint density at radius 1 is 0.857 bits per heavy atom. The second-order valence-electron chi connectivity index (χ2n) is 7.57. The number of ether oxygens (including phenoxy) is 1. The van der Waals surface area contributed by atoms with Crippen molar-refractivity contribution in [1.29, 1.82) is 0 Å². The van der Waals surface area contributed by atoms with E-state index in [1.807, 2.05) is 0 Å². The van der Waals surface area contributed by atoms with Crippen molar-refractivity contribution < 1.29 is 19.4 Å². The standard InChI is InChI=1S/C24H38O4/c1-3-4-5-6-7-8-9-10-11-12-13-14-15-16-17-18-20-23(26)21(25)19-22(28-2)24(20)27/h9-10,19,26H,3-8,11-18H2,1-2H3/b10-9-. The number of carbonyl (C=O) groups excluding carboxylic acids is 2. The van der Waals surface area contributed by atoms with E-state index >= 15 is 0 Å². The molecular formula is C24H38O4. The molecular weight excluding hydrogens is 352 g/mol. The number of ketones is 2. The first-order valence-corrected chi connectivity index (χ1v) is 11.0. The van der Waals surface area contributed by atoms with Gasteiger partial charge in [0, 0.05) is 11.6 Å². The van der Waals surface area contributed by atoms with Crippen molar-refractivity contribution >= 4 is 11.6 Å². The highest BCUT2D eigenvalue weighted by molar-refractivity contribution is 6.20. The van der Waals surface area contributed by atoms with Crippen molar-refractivity contribution in [3.8, 4) is 0 Å². The minimum Gasteiger partial charge on any atom is -0.504 e. The Balaban J connectivity index is 2.03. The molecule has 28 heavy (non-hydrogen) atoms. The zero-order chi connectivity index (χ0) is 20.6. The number of unbranched alkanes of at least 4 members (excludes halogenated alkanes) is 11. The molecule has 0 aliphatic heterocycles. The molecule has 0 aromatic carbocycles. The van der Waals surface area contributed by atoms with Gasteiger partial charge in [-0.1, -0.05) is 70.4 Å². The first kappa shape index (κ1) is 24.2. The molecule has 0 spiro atoms. The molecule has 4 nitrogen and oxygen atoms in total. The third kappa shape index (κ3) is 9.38. The molecule has 158 valence electrons. The van der Waals surface area contributed by atoms with Crippen LogP contribution in [0.4, 0.5) is 0 Å². The molecule has 0 heterocycles. The Morgan fingerprint density at radius 2 is 1.39 bits per heavy atom. The lowest BCUT2D eigenvalue weighted by molar-refractivity contribution is -0.119. The maximum Gasteiger partial charge on any atom is 0.227 e. The number of carbonyl (C=O) groups is 2. The Labute approximate surface area is 170 Å². The zero-order valence-corrected chi connectivity index (χ0v) is 17.8. The normalized spacial score (nSPS) is 14.9. The van der Waals surface area contributed by atoms with E-state index in [9.17, 15) is 14.7 Å². The molecule has 1 aliphatic carbocycles. The fourth-order valence-corrected chi connectivity index (χ4v) is 3.41. The lowest BCUT2D eigenvalue weighted by atomic mass is 9.94. The third-order valence-corrected chi connectivity index (χ3v) is 5.19. The molecule has 0 saturated carbocycles. The van der Waals surface area contributed by atoms with Crippen LogP contribution in [0.1, 0.15) is 96.8 Å². The monoisotopic (exact) mass is 390 g/mol. The number of methoxy groups -OCH3 is 1. The zero-order valence-electron chi connectivity index (χ0n) is 17.8. The van der Waals surface area contributed by atoms with E-state index < -0.39 is 11.5 Å². The van der Waals surface area contributed by atoms with Crippen LogP contribution < -0.4 is 0 Å². The summed E-state index contributed by atoms with van der Waals surface area (Å²) in [6.07, 6.45) is 21.8. The van der Waals surface area contributed by atoms with Gasteiger partial charge in [-0.25, -0.2) is 0 Å². The van der Waals surface area contributed by atoms with Gasteiger partial charge in [-0.05, 0) is 38.5 Å². The fourth-order valence-electron chi connectivity index (χ4n) is 3.41. The molecule has 0 aromatic rings. The molecule has 0 amide bonds. The van der Waals surface area contributed by atoms with E-state index in [1.165, 1.54) is 71.3 Å². The van der Waals surface area contributed by atoms with Crippen LogP contribution in [0.25, 0.3) is 0 Å². The summed E-state index contributed by atoms with van der Waals surface area (Å²) in [5.74, 6) is -1.30. The number of hydrogen-bond acceptors (Lipinski definition) is 4. The van der Waals surface area contributed by atoms with Gasteiger partial charge in [0.25, 0.3) is 0 Å². The van der Waals surface area contributed by atoms with E-state index in [0.717, 1.165) is 25.3 Å². The van der Waals surface area contributed by atoms with Crippen molar-refractivity contribution in [1.82, 2.24) is 0 Å². The molecule has 1 rings (SSSR count). The highest BCUT2D eigenvalue weighted by atomic mass is 16.5. The Kier molecular flexibility index (Phi) is 13.1. The van der Waals surface area contributed by atoms with Crippen LogP contribution in [0.3, 0.4) is 0 Å². The molecule has 0 atom stereocenters. The largest absolute Gasteiger partial charge is 0.504 e. The van der Waals surface area contributed by atoms with Gasteiger partial charge in [-0.3, -0.25) is 9.59 Å². The average Bonchev–Trinajstić information content (AvgIpc) is 2.69. The topological polar surface area (TPSA) is 63.6 Å². The molecule has 1 N–H and O–H groups in total. The minimum absolute atomic E-state index is 0.0202. The minimum atomic E-state index is -0.541. The summed E-state index contributed by atoms with van der Waals surface area (Å²) in [6, 6.07) is 0. The van der Waals surface area contributed by atoms with Crippen molar-refractivity contribution in [2.24, 2.45) is 0 Å². The van der Waals surface area contributed by atoms with Crippen LogP contribution >= 0.6 is 0 Å². The SMILES string of the molecule is CCCCCCC/C=C\CCCCCCCCC1=C(O)C(=O)C=C(OC)C1=O. The molecule has 0 unspecified atom stereocenters. The molecule has 0 bridgehead atoms. The van der Waals surface area contributed by atoms with Gasteiger partial charge >= 0.3 is 0 Å². The van der Waals surface area contributed by atoms with Gasteiger partial charge < -0.3 is 9.84 Å². The first-order chi connectivity index (χ1) is 13.6. The number of allylic oxidation sites excluding steroid dienone is 4. The van der Waals surface area contributed by atoms with Gasteiger partial charge in [-0.2, -0.15) is 0 Å². The highest BCUT2D eigenvalue weighted by Gasteiger charge is 2.28. The average molecular weight is 391 g/mol. The number of aliphatic hydroxyl groups is 1. The molecule has 1 aliphatic rings. The Morgan fingerprint density at radius 3 is 1.96 bits per heavy atom. The summed E-state index contributed by atoms with van der Waals surface area (Å²) in [5.41, 5.74) is 0.198. The lowest BCUT2D eigenvalue weighted by Gasteiger charge is -2.14. The summed E-state index contributed by atoms with van der Waals surface area (Å²) in [6.45, 7) is 2.25. The van der Waals surface area contributed by atoms with Crippen molar-refractivity contribution in [2.45, 2.75) is 96.8 Å². The van der Waals surface area contributed by atoms with E-state index in [2.05, 4.69) is 19.1 Å². The Bertz CT molecular complexity index is 569. The van der Waals surface area contributed by atoms with Crippen molar-refractivity contribution in [3.05, 3.63) is 35.3 Å². The van der Waals surface area contributed by atoms with Crippen molar-refractivity contribution in [2.75, 3.05) is 7.11 Å². The second kappa shape index (κ2) is 15.1. The third-order valence-electron chi connectivity index (χ3n) is 5.19. The molecule has 0 aromatic heterocycles. The van der Waals surface area contributed by atoms with Gasteiger partial charge in [-0.15, -0.1) is 0 Å². The molecule has 4 heteroatoms. The molecule has 0 radical (unpaired) electrons. The van der Waals surface area contributed by atoms with Crippen LogP contribution in [0, 0.1) is 0 Å². The second-order valence-corrected chi connectivity index (χ2v) is 7.57. The van der Waals surface area contributed by atoms with Gasteiger partial charge in [0.2, 0.25) is 11.6 Å². The fraction of sp³-hybridized carbons (Fsp3) is 0.667. The Hall–Kier alpha value is -1.84. The molecule has 0 fully saturated rings. The number of Topliss-reactive ketones (excluding diaryl/α,β-unsaturated/α-hetero) is 1. The predicted molar refractivity (Wildman–Crippen MR) is 114 cm³/mol. The number of aliphatic hydroxyl groups excluding tert-OH is 1. The predicted octanol–water partition coefficient (Wildman–Crippen LogP) is 6.52. The van der Waals surface area contributed by atoms with Crippen LogP contribution in [0.15, 0.2) is 35.3 Å². The summed E-state index contributed by atoms with van der Waals surface area (Å²) >= 11 is 0. The van der Waals surface area contributed by atoms with Crippen LogP contribution in [0.5, 0.6) is 0 Å². The van der Waals surface area contributed by atoms with E-state index in [1.54, 1.807) is 0 Å². The van der Waals surface area contributed by atoms with E-state index in [-0.39, 0.29) is 17.1 Å². The lowest BCUT2D eigenvalue weighted by Crippen LogP contribution is -2.20. The number of rotatable bonds is 16. The summed E-state index contributed by atoms with van der Waals surface area (Å²) in [5, 5.41) is 9.84. The van der Waals surface area contributed by atoms with Gasteiger partial charge in [0.1, 0.15) is 0 Å². The summed E-state index contributed by atoms with van der Waals surface area (Å²) in [7, 11) is 1.36. The van der Waals surface area contributed by atoms with Crippen LogP contribution in [-0.4, -0.2) is 23.8 Å². The van der Waals surface area contributed by atoms with Gasteiger partial charge in [0.15, 0.2) is 11.5 Å². The van der Waals surface area contributed by atoms with E-state index in [0.29, 0.717) is 6.42 Å². The smallest absolute Gasteiger partial charge is 0.227 e. The van der Waals surface area contributed by atoms with Crippen LogP contribution in [0.2, 0.25) is 0 Å². The van der Waals surface area contributed by atoms with E-state index in [4.69, 9.17) is 4.74 Å². The van der Waals surface area contributed by atoms with Crippen LogP contribution in [-0.2, 0) is 14.3 Å². The molecule has 0 saturated heterocycles. The van der Waals surface area contributed by atoms with Gasteiger partial charge in [0.05, 0.1) is 7.11 Å². The maximum atomic E-state index is 12.1. The summed E-state index contributed by atoms with van der Waals surface area (Å²) < 4.78 is 4.92. The maximum absolute atomic E-state index is 12.1. The summed E-state index contributed by atoms with van der Waals surface area (Å²) in [4.78, 5) is 23.8.